The molecule has 166 valence electrons. The summed E-state index contributed by atoms with van der Waals surface area (Å²) >= 11 is 6.51. The van der Waals surface area contributed by atoms with Crippen LogP contribution in [0.5, 0.6) is 0 Å². The lowest BCUT2D eigenvalue weighted by Crippen LogP contribution is -2.40. The molecule has 0 amide bonds. The molecular formula is C22H22ClN5O3S. The normalized spacial score (nSPS) is 16.3. The number of nitrogens with zero attached hydrogens (tertiary/aromatic N) is 4. The molecule has 1 fully saturated rings. The summed E-state index contributed by atoms with van der Waals surface area (Å²) in [6.45, 7) is 1.36. The molecule has 0 atom stereocenters. The predicted octanol–water partition coefficient (Wildman–Crippen LogP) is 3.02. The second kappa shape index (κ2) is 8.40. The van der Waals surface area contributed by atoms with Crippen molar-refractivity contribution < 1.29 is 13.2 Å². The highest BCUT2D eigenvalue weighted by Crippen LogP contribution is 2.42. The molecule has 3 aromatic rings. The quantitative estimate of drug-likeness (QED) is 0.624. The lowest BCUT2D eigenvalue weighted by atomic mass is 9.86. The molecule has 1 aromatic carbocycles. The van der Waals surface area contributed by atoms with Gasteiger partial charge in [0.05, 0.1) is 29.6 Å². The third-order valence-electron chi connectivity index (χ3n) is 5.81. The molecule has 0 radical (unpaired) electrons. The Morgan fingerprint density at radius 2 is 1.84 bits per heavy atom. The van der Waals surface area contributed by atoms with E-state index in [4.69, 9.17) is 21.3 Å². The first kappa shape index (κ1) is 21.3. The van der Waals surface area contributed by atoms with Crippen LogP contribution in [-0.4, -0.2) is 61.0 Å². The molecule has 0 bridgehead atoms. The Bertz CT molecular complexity index is 1280. The molecule has 2 aromatic heterocycles. The van der Waals surface area contributed by atoms with Crippen LogP contribution in [0.3, 0.4) is 0 Å². The third kappa shape index (κ3) is 3.65. The van der Waals surface area contributed by atoms with Gasteiger partial charge in [0, 0.05) is 43.7 Å². The van der Waals surface area contributed by atoms with E-state index < -0.39 is 10.0 Å². The highest BCUT2D eigenvalue weighted by Gasteiger charge is 2.32. The number of ether oxygens (including phenoxy) is 1. The Morgan fingerprint density at radius 1 is 1.09 bits per heavy atom. The van der Waals surface area contributed by atoms with Crippen LogP contribution in [0.25, 0.3) is 22.4 Å². The number of sulfonamides is 1. The summed E-state index contributed by atoms with van der Waals surface area (Å²) in [6, 6.07) is 7.23. The fourth-order valence-electron chi connectivity index (χ4n) is 4.21. The van der Waals surface area contributed by atoms with Crippen molar-refractivity contribution >= 4 is 27.6 Å². The first-order valence-electron chi connectivity index (χ1n) is 10.4. The third-order valence-corrected chi connectivity index (χ3v) is 8.17. The van der Waals surface area contributed by atoms with Crippen molar-refractivity contribution in [1.82, 2.24) is 19.3 Å². The van der Waals surface area contributed by atoms with Crippen molar-refractivity contribution in [2.24, 2.45) is 0 Å². The SMILES string of the molecule is CNc1nc2c(c(-c3ccncc3)n1)-c1cc(S(=O)(=O)N3CCOCC3)c(Cl)cc1CC2. The zero-order chi connectivity index (χ0) is 22.3. The molecule has 1 aliphatic carbocycles. The average molecular weight is 472 g/mol. The number of rotatable bonds is 4. The van der Waals surface area contributed by atoms with Crippen LogP contribution < -0.4 is 5.32 Å². The first-order valence-corrected chi connectivity index (χ1v) is 12.2. The Labute approximate surface area is 191 Å². The molecular weight excluding hydrogens is 450 g/mol. The lowest BCUT2D eigenvalue weighted by molar-refractivity contribution is 0.0730. The summed E-state index contributed by atoms with van der Waals surface area (Å²) in [5.41, 5.74) is 5.12. The number of benzene rings is 1. The van der Waals surface area contributed by atoms with Crippen LogP contribution in [0.2, 0.25) is 5.02 Å². The summed E-state index contributed by atoms with van der Waals surface area (Å²) in [5, 5.41) is 3.26. The van der Waals surface area contributed by atoms with E-state index in [0.29, 0.717) is 38.7 Å². The Morgan fingerprint density at radius 3 is 2.56 bits per heavy atom. The molecule has 5 rings (SSSR count). The second-order valence-electron chi connectivity index (χ2n) is 7.66. The fourth-order valence-corrected chi connectivity index (χ4v) is 6.17. The van der Waals surface area contributed by atoms with Gasteiger partial charge in [-0.2, -0.15) is 4.31 Å². The van der Waals surface area contributed by atoms with Gasteiger partial charge >= 0.3 is 0 Å². The molecule has 0 spiro atoms. The summed E-state index contributed by atoms with van der Waals surface area (Å²) in [7, 11) is -1.98. The number of anilines is 1. The van der Waals surface area contributed by atoms with Gasteiger partial charge in [0.2, 0.25) is 16.0 Å². The van der Waals surface area contributed by atoms with E-state index in [0.717, 1.165) is 40.1 Å². The number of aromatic nitrogens is 3. The maximum absolute atomic E-state index is 13.4. The van der Waals surface area contributed by atoms with E-state index in [-0.39, 0.29) is 9.92 Å². The molecule has 2 aliphatic rings. The standard InChI is InChI=1S/C22H22ClN5O3S/c1-24-22-26-18-3-2-15-12-17(23)19(32(29,30)28-8-10-31-11-9-28)13-16(15)20(18)21(27-22)14-4-6-25-7-5-14/h4-7,12-13H,2-3,8-11H2,1H3,(H,24,26,27). The smallest absolute Gasteiger partial charge is 0.244 e. The maximum Gasteiger partial charge on any atom is 0.244 e. The molecule has 8 nitrogen and oxygen atoms in total. The van der Waals surface area contributed by atoms with Gasteiger partial charge in [-0.25, -0.2) is 18.4 Å². The second-order valence-corrected chi connectivity index (χ2v) is 9.97. The van der Waals surface area contributed by atoms with Crippen LogP contribution in [0.15, 0.2) is 41.6 Å². The summed E-state index contributed by atoms with van der Waals surface area (Å²) in [5.74, 6) is 0.522. The molecule has 0 unspecified atom stereocenters. The Hall–Kier alpha value is -2.59. The molecule has 32 heavy (non-hydrogen) atoms. The highest BCUT2D eigenvalue weighted by atomic mass is 35.5. The predicted molar refractivity (Wildman–Crippen MR) is 122 cm³/mol. The Kier molecular flexibility index (Phi) is 5.58. The number of hydrogen-bond donors (Lipinski definition) is 1. The number of morpholine rings is 1. The largest absolute Gasteiger partial charge is 0.379 e. The van der Waals surface area contributed by atoms with Crippen LogP contribution in [0.4, 0.5) is 5.95 Å². The van der Waals surface area contributed by atoms with Crippen molar-refractivity contribution in [2.45, 2.75) is 17.7 Å². The van der Waals surface area contributed by atoms with Crippen molar-refractivity contribution in [3.8, 4) is 22.4 Å². The van der Waals surface area contributed by atoms with Gasteiger partial charge in [-0.05, 0) is 48.2 Å². The number of nitrogens with one attached hydrogen (secondary N) is 1. The van der Waals surface area contributed by atoms with Gasteiger partial charge in [0.25, 0.3) is 0 Å². The van der Waals surface area contributed by atoms with E-state index in [1.807, 2.05) is 12.1 Å². The van der Waals surface area contributed by atoms with Crippen LogP contribution in [0.1, 0.15) is 11.3 Å². The average Bonchev–Trinajstić information content (AvgIpc) is 2.83. The topological polar surface area (TPSA) is 97.3 Å². The van der Waals surface area contributed by atoms with Crippen molar-refractivity contribution in [1.29, 1.82) is 0 Å². The minimum absolute atomic E-state index is 0.103. The molecule has 1 saturated heterocycles. The Balaban J connectivity index is 1.72. The molecule has 0 saturated carbocycles. The summed E-state index contributed by atoms with van der Waals surface area (Å²) in [6.07, 6.45) is 4.85. The van der Waals surface area contributed by atoms with E-state index in [9.17, 15) is 8.42 Å². The van der Waals surface area contributed by atoms with Crippen LogP contribution in [0, 0.1) is 0 Å². The molecule has 1 aliphatic heterocycles. The van der Waals surface area contributed by atoms with E-state index >= 15 is 0 Å². The number of pyridine rings is 1. The minimum atomic E-state index is -3.76. The molecule has 3 heterocycles. The van der Waals surface area contributed by atoms with Gasteiger partial charge in [0.1, 0.15) is 4.90 Å². The maximum atomic E-state index is 13.4. The molecule has 10 heteroatoms. The van der Waals surface area contributed by atoms with Gasteiger partial charge in [-0.3, -0.25) is 4.98 Å². The van der Waals surface area contributed by atoms with Crippen LogP contribution in [-0.2, 0) is 27.6 Å². The number of fused-ring (bicyclic) bond motifs is 3. The zero-order valence-corrected chi connectivity index (χ0v) is 19.1. The number of aryl methyl sites for hydroxylation is 2. The number of halogens is 1. The lowest BCUT2D eigenvalue weighted by Gasteiger charge is -2.28. The van der Waals surface area contributed by atoms with Crippen molar-refractivity contribution in [3.05, 3.63) is 52.9 Å². The number of hydrogen-bond acceptors (Lipinski definition) is 7. The van der Waals surface area contributed by atoms with Gasteiger partial charge in [-0.1, -0.05) is 11.6 Å². The van der Waals surface area contributed by atoms with Crippen molar-refractivity contribution in [3.63, 3.8) is 0 Å². The monoisotopic (exact) mass is 471 g/mol. The summed E-state index contributed by atoms with van der Waals surface area (Å²) in [4.78, 5) is 13.6. The van der Waals surface area contributed by atoms with E-state index in [1.54, 1.807) is 31.6 Å². The summed E-state index contributed by atoms with van der Waals surface area (Å²) < 4.78 is 33.5. The van der Waals surface area contributed by atoms with Crippen LogP contribution >= 0.6 is 11.6 Å². The first-order chi connectivity index (χ1) is 15.5. The zero-order valence-electron chi connectivity index (χ0n) is 17.5. The van der Waals surface area contributed by atoms with E-state index in [2.05, 4.69) is 15.3 Å². The molecule has 1 N–H and O–H groups in total. The highest BCUT2D eigenvalue weighted by molar-refractivity contribution is 7.89. The minimum Gasteiger partial charge on any atom is -0.379 e. The van der Waals surface area contributed by atoms with Gasteiger partial charge < -0.3 is 10.1 Å². The van der Waals surface area contributed by atoms with Gasteiger partial charge in [0.15, 0.2) is 0 Å². The van der Waals surface area contributed by atoms with Gasteiger partial charge in [-0.15, -0.1) is 0 Å². The van der Waals surface area contributed by atoms with Crippen molar-refractivity contribution in [2.75, 3.05) is 38.7 Å². The fraction of sp³-hybridized carbons (Fsp3) is 0.318. The van der Waals surface area contributed by atoms with E-state index in [1.165, 1.54) is 4.31 Å².